The van der Waals surface area contributed by atoms with Crippen LogP contribution in [-0.4, -0.2) is 59.5 Å². The number of rotatable bonds is 7. The van der Waals surface area contributed by atoms with Crippen molar-refractivity contribution >= 4 is 17.7 Å². The number of carbonyl (C=O) groups excluding carboxylic acids is 1. The Labute approximate surface area is 103 Å². The number of hydrogen-bond acceptors (Lipinski definition) is 8. The zero-order valence-electron chi connectivity index (χ0n) is 9.82. The molecule has 0 bridgehead atoms. The molecule has 0 spiro atoms. The maximum absolute atomic E-state index is 11.0. The molecule has 0 unspecified atom stereocenters. The average molecular weight is 262 g/mol. The molecule has 0 aliphatic heterocycles. The van der Waals surface area contributed by atoms with Crippen LogP contribution in [0.1, 0.15) is 0 Å². The number of esters is 1. The first-order chi connectivity index (χ1) is 8.21. The van der Waals surface area contributed by atoms with Gasteiger partial charge in [-0.05, 0) is 10.4 Å². The van der Waals surface area contributed by atoms with Crippen LogP contribution >= 0.6 is 11.8 Å². The van der Waals surface area contributed by atoms with E-state index in [1.807, 2.05) is 0 Å². The van der Waals surface area contributed by atoms with E-state index in [-0.39, 0.29) is 11.7 Å². The zero-order valence-corrected chi connectivity index (χ0v) is 10.6. The van der Waals surface area contributed by atoms with Gasteiger partial charge in [0.05, 0.1) is 19.4 Å². The zero-order chi connectivity index (χ0) is 12.7. The number of methoxy groups -OCH3 is 3. The molecule has 96 valence electrons. The van der Waals surface area contributed by atoms with Crippen molar-refractivity contribution in [3.63, 3.8) is 0 Å². The smallest absolute Gasteiger partial charge is 0.316 e. The van der Waals surface area contributed by atoms with E-state index in [1.54, 1.807) is 0 Å². The highest BCUT2D eigenvalue weighted by Gasteiger charge is 2.14. The van der Waals surface area contributed by atoms with Crippen molar-refractivity contribution in [2.45, 2.75) is 18.0 Å². The minimum absolute atomic E-state index is 0.154. The van der Waals surface area contributed by atoms with E-state index in [1.165, 1.54) is 37.8 Å². The third-order valence-electron chi connectivity index (χ3n) is 1.89. The molecule has 0 saturated heterocycles. The number of ether oxygens (including phenoxy) is 3. The van der Waals surface area contributed by atoms with Crippen LogP contribution in [0, 0.1) is 0 Å². The van der Waals surface area contributed by atoms with Crippen LogP contribution in [0.5, 0.6) is 0 Å². The lowest BCUT2D eigenvalue weighted by atomic mass is 10.6. The van der Waals surface area contributed by atoms with Gasteiger partial charge in [-0.15, -0.1) is 5.10 Å². The maximum atomic E-state index is 11.0. The molecule has 0 fully saturated rings. The molecule has 0 aromatic carbocycles. The second-order valence-electron chi connectivity index (χ2n) is 2.91. The van der Waals surface area contributed by atoms with Gasteiger partial charge >= 0.3 is 5.97 Å². The molecule has 0 atom stereocenters. The third kappa shape index (κ3) is 4.29. The van der Waals surface area contributed by atoms with Gasteiger partial charge in [0.15, 0.2) is 6.29 Å². The lowest BCUT2D eigenvalue weighted by Gasteiger charge is -2.13. The molecule has 1 aromatic rings. The van der Waals surface area contributed by atoms with Gasteiger partial charge in [-0.3, -0.25) is 4.79 Å². The molecule has 1 heterocycles. The van der Waals surface area contributed by atoms with Gasteiger partial charge < -0.3 is 14.2 Å². The Bertz CT molecular complexity index is 355. The molecule has 17 heavy (non-hydrogen) atoms. The molecule has 1 aromatic heterocycles. The first kappa shape index (κ1) is 13.9. The largest absolute Gasteiger partial charge is 0.468 e. The van der Waals surface area contributed by atoms with Crippen molar-refractivity contribution in [2.24, 2.45) is 0 Å². The predicted molar refractivity (Wildman–Crippen MR) is 58.4 cm³/mol. The van der Waals surface area contributed by atoms with E-state index in [2.05, 4.69) is 20.3 Å². The monoisotopic (exact) mass is 262 g/mol. The fourth-order valence-electron chi connectivity index (χ4n) is 0.983. The molecule has 0 aliphatic carbocycles. The van der Waals surface area contributed by atoms with Crippen LogP contribution in [0.3, 0.4) is 0 Å². The summed E-state index contributed by atoms with van der Waals surface area (Å²) < 4.78 is 16.1. The highest BCUT2D eigenvalue weighted by Crippen LogP contribution is 2.14. The van der Waals surface area contributed by atoms with Gasteiger partial charge in [0, 0.05) is 14.2 Å². The van der Waals surface area contributed by atoms with Crippen LogP contribution in [0.15, 0.2) is 5.16 Å². The predicted octanol–water partition coefficient (Wildman–Crippen LogP) is -0.443. The topological polar surface area (TPSA) is 88.4 Å². The lowest BCUT2D eigenvalue weighted by Crippen LogP contribution is -2.22. The Morgan fingerprint density at radius 1 is 1.41 bits per heavy atom. The molecule has 8 nitrogen and oxygen atoms in total. The molecule has 0 radical (unpaired) electrons. The number of tetrazole rings is 1. The molecule has 0 N–H and O–H groups in total. The minimum Gasteiger partial charge on any atom is -0.468 e. The normalized spacial score (nSPS) is 10.8. The van der Waals surface area contributed by atoms with Gasteiger partial charge in [0.1, 0.15) is 0 Å². The summed E-state index contributed by atoms with van der Waals surface area (Å²) in [6.07, 6.45) is -0.434. The summed E-state index contributed by atoms with van der Waals surface area (Å²) >= 11 is 1.19. The van der Waals surface area contributed by atoms with E-state index in [9.17, 15) is 4.79 Å². The number of nitrogens with zero attached hydrogens (tertiary/aromatic N) is 4. The van der Waals surface area contributed by atoms with Crippen molar-refractivity contribution in [2.75, 3.05) is 27.1 Å². The number of aromatic nitrogens is 4. The molecule has 9 heteroatoms. The van der Waals surface area contributed by atoms with Crippen LogP contribution in [0.25, 0.3) is 0 Å². The van der Waals surface area contributed by atoms with E-state index < -0.39 is 6.29 Å². The van der Waals surface area contributed by atoms with Crippen molar-refractivity contribution in [1.29, 1.82) is 0 Å². The summed E-state index contributed by atoms with van der Waals surface area (Å²) in [5.41, 5.74) is 0. The van der Waals surface area contributed by atoms with Gasteiger partial charge in [-0.25, -0.2) is 4.68 Å². The van der Waals surface area contributed by atoms with Crippen molar-refractivity contribution < 1.29 is 19.0 Å². The highest BCUT2D eigenvalue weighted by molar-refractivity contribution is 7.99. The summed E-state index contributed by atoms with van der Waals surface area (Å²) in [5, 5.41) is 11.6. The SMILES string of the molecule is COC(=O)CSc1nnnn1CC(OC)OC. The van der Waals surface area contributed by atoms with Crippen molar-refractivity contribution in [1.82, 2.24) is 20.2 Å². The number of carbonyl (C=O) groups is 1. The van der Waals surface area contributed by atoms with Gasteiger partial charge in [0.2, 0.25) is 5.16 Å². The third-order valence-corrected chi connectivity index (χ3v) is 2.82. The molecular formula is C8H14N4O4S. The molecular weight excluding hydrogens is 248 g/mol. The maximum Gasteiger partial charge on any atom is 0.316 e. The molecule has 0 amide bonds. The Morgan fingerprint density at radius 2 is 2.12 bits per heavy atom. The van der Waals surface area contributed by atoms with E-state index in [0.29, 0.717) is 11.7 Å². The first-order valence-electron chi connectivity index (χ1n) is 4.72. The summed E-state index contributed by atoms with van der Waals surface area (Å²) in [4.78, 5) is 11.0. The Morgan fingerprint density at radius 3 is 2.71 bits per heavy atom. The Hall–Kier alpha value is -1.19. The van der Waals surface area contributed by atoms with E-state index >= 15 is 0 Å². The Balaban J connectivity index is 2.56. The van der Waals surface area contributed by atoms with Gasteiger partial charge in [-0.2, -0.15) is 0 Å². The second-order valence-corrected chi connectivity index (χ2v) is 3.85. The van der Waals surface area contributed by atoms with Crippen LogP contribution < -0.4 is 0 Å². The van der Waals surface area contributed by atoms with Crippen LogP contribution in [-0.2, 0) is 25.5 Å². The van der Waals surface area contributed by atoms with E-state index in [0.717, 1.165) is 0 Å². The van der Waals surface area contributed by atoms with Crippen molar-refractivity contribution in [3.05, 3.63) is 0 Å². The van der Waals surface area contributed by atoms with Crippen LogP contribution in [0.4, 0.5) is 0 Å². The molecule has 0 aliphatic rings. The highest BCUT2D eigenvalue weighted by atomic mass is 32.2. The number of hydrogen-bond donors (Lipinski definition) is 0. The summed E-state index contributed by atoms with van der Waals surface area (Å²) in [7, 11) is 4.39. The van der Waals surface area contributed by atoms with Crippen LogP contribution in [0.2, 0.25) is 0 Å². The molecule has 0 saturated carbocycles. The summed E-state index contributed by atoms with van der Waals surface area (Å²) in [5.74, 6) is -0.179. The average Bonchev–Trinajstić information content (AvgIpc) is 2.80. The minimum atomic E-state index is -0.434. The molecule has 1 rings (SSSR count). The quantitative estimate of drug-likeness (QED) is 0.371. The second kappa shape index (κ2) is 7.20. The van der Waals surface area contributed by atoms with E-state index in [4.69, 9.17) is 9.47 Å². The van der Waals surface area contributed by atoms with Gasteiger partial charge in [0.25, 0.3) is 0 Å². The van der Waals surface area contributed by atoms with Crippen molar-refractivity contribution in [3.8, 4) is 0 Å². The van der Waals surface area contributed by atoms with Gasteiger partial charge in [-0.1, -0.05) is 11.8 Å². The number of thioether (sulfide) groups is 1. The summed E-state index contributed by atoms with van der Waals surface area (Å²) in [6.45, 7) is 0.351. The first-order valence-corrected chi connectivity index (χ1v) is 5.71. The lowest BCUT2D eigenvalue weighted by molar-refractivity contribution is -0.137. The fourth-order valence-corrected chi connectivity index (χ4v) is 1.70. The Kier molecular flexibility index (Phi) is 5.87. The standard InChI is InChI=1S/C8H14N4O4S/c1-14-6(13)5-17-8-9-10-11-12(8)4-7(15-2)16-3/h7H,4-5H2,1-3H3. The summed E-state index contributed by atoms with van der Waals surface area (Å²) in [6, 6.07) is 0. The fraction of sp³-hybridized carbons (Fsp3) is 0.750.